The van der Waals surface area contributed by atoms with Crippen LogP contribution in [0.3, 0.4) is 0 Å². The average molecular weight is 347 g/mol. The summed E-state index contributed by atoms with van der Waals surface area (Å²) in [6, 6.07) is 14.9. The molecule has 5 heteroatoms. The van der Waals surface area contributed by atoms with E-state index in [0.29, 0.717) is 11.6 Å². The molecule has 0 heterocycles. The Hall–Kier alpha value is -2.04. The smallest absolute Gasteiger partial charge is 0.224 e. The quantitative estimate of drug-likeness (QED) is 0.807. The molecule has 2 N–H and O–H groups in total. The van der Waals surface area contributed by atoms with Crippen LogP contribution in [0.1, 0.15) is 24.1 Å². The lowest BCUT2D eigenvalue weighted by Gasteiger charge is -2.23. The van der Waals surface area contributed by atoms with Crippen LogP contribution in [0.4, 0.5) is 0 Å². The molecule has 0 bridgehead atoms. The standard InChI is InChI=1S/C19H23ClN2O2/c1-13(12-21-2)19(23)22-18(16-9-4-5-10-17(16)20)14-7-6-8-15(11-14)24-3/h4-11,13,18,21H,12H2,1-3H3,(H,22,23). The number of benzene rings is 2. The van der Waals surface area contributed by atoms with Crippen LogP contribution in [0.25, 0.3) is 0 Å². The second-order valence-corrected chi connectivity index (χ2v) is 6.11. The Balaban J connectivity index is 2.38. The van der Waals surface area contributed by atoms with E-state index in [0.717, 1.165) is 16.9 Å². The Kier molecular flexibility index (Phi) is 6.64. The molecule has 0 saturated carbocycles. The first-order valence-electron chi connectivity index (χ1n) is 7.90. The Morgan fingerprint density at radius 1 is 1.21 bits per heavy atom. The zero-order valence-electron chi connectivity index (χ0n) is 14.2. The fourth-order valence-electron chi connectivity index (χ4n) is 2.55. The van der Waals surface area contributed by atoms with Crippen molar-refractivity contribution in [3.63, 3.8) is 0 Å². The van der Waals surface area contributed by atoms with Crippen molar-refractivity contribution in [3.05, 3.63) is 64.7 Å². The molecule has 4 nitrogen and oxygen atoms in total. The number of amides is 1. The van der Waals surface area contributed by atoms with Crippen LogP contribution in [0.15, 0.2) is 48.5 Å². The van der Waals surface area contributed by atoms with Gasteiger partial charge in [0.25, 0.3) is 0 Å². The predicted octanol–water partition coefficient (Wildman–Crippen LogP) is 3.41. The summed E-state index contributed by atoms with van der Waals surface area (Å²) in [5.41, 5.74) is 1.78. The van der Waals surface area contributed by atoms with E-state index >= 15 is 0 Å². The molecular formula is C19H23ClN2O2. The second kappa shape index (κ2) is 8.71. The van der Waals surface area contributed by atoms with Gasteiger partial charge < -0.3 is 15.4 Å². The molecule has 2 rings (SSSR count). The normalized spacial score (nSPS) is 13.2. The topological polar surface area (TPSA) is 50.4 Å². The number of nitrogens with one attached hydrogen (secondary N) is 2. The van der Waals surface area contributed by atoms with Gasteiger partial charge in [-0.2, -0.15) is 0 Å². The Morgan fingerprint density at radius 3 is 2.62 bits per heavy atom. The van der Waals surface area contributed by atoms with E-state index in [2.05, 4.69) is 10.6 Å². The molecule has 0 aliphatic rings. The second-order valence-electron chi connectivity index (χ2n) is 5.70. The molecule has 0 aliphatic carbocycles. The highest BCUT2D eigenvalue weighted by atomic mass is 35.5. The van der Waals surface area contributed by atoms with Gasteiger partial charge in [-0.15, -0.1) is 0 Å². The van der Waals surface area contributed by atoms with E-state index in [-0.39, 0.29) is 17.9 Å². The molecule has 1 amide bonds. The van der Waals surface area contributed by atoms with E-state index in [1.54, 1.807) is 7.11 Å². The van der Waals surface area contributed by atoms with E-state index in [9.17, 15) is 4.79 Å². The summed E-state index contributed by atoms with van der Waals surface area (Å²) in [4.78, 5) is 12.5. The zero-order chi connectivity index (χ0) is 17.5. The number of halogens is 1. The van der Waals surface area contributed by atoms with Crippen molar-refractivity contribution >= 4 is 17.5 Å². The summed E-state index contributed by atoms with van der Waals surface area (Å²) in [6.07, 6.45) is 0. The summed E-state index contributed by atoms with van der Waals surface area (Å²) in [5.74, 6) is 0.560. The van der Waals surface area contributed by atoms with Crippen LogP contribution in [0, 0.1) is 5.92 Å². The molecule has 0 fully saturated rings. The summed E-state index contributed by atoms with van der Waals surface area (Å²) in [5, 5.41) is 6.75. The average Bonchev–Trinajstić information content (AvgIpc) is 2.60. The third-order valence-corrected chi connectivity index (χ3v) is 4.23. The molecule has 0 saturated heterocycles. The van der Waals surface area contributed by atoms with Gasteiger partial charge in [-0.3, -0.25) is 4.79 Å². The first-order chi connectivity index (χ1) is 11.6. The van der Waals surface area contributed by atoms with Gasteiger partial charge in [-0.05, 0) is 36.4 Å². The fourth-order valence-corrected chi connectivity index (χ4v) is 2.80. The lowest BCUT2D eigenvalue weighted by molar-refractivity contribution is -0.124. The van der Waals surface area contributed by atoms with Gasteiger partial charge in [0, 0.05) is 17.5 Å². The molecule has 2 unspecified atom stereocenters. The molecule has 0 aromatic heterocycles. The number of methoxy groups -OCH3 is 1. The lowest BCUT2D eigenvalue weighted by Crippen LogP contribution is -2.37. The molecule has 2 atom stereocenters. The van der Waals surface area contributed by atoms with E-state index in [1.165, 1.54) is 0 Å². The predicted molar refractivity (Wildman–Crippen MR) is 97.5 cm³/mol. The number of hydrogen-bond acceptors (Lipinski definition) is 3. The number of rotatable bonds is 7. The van der Waals surface area contributed by atoms with Crippen molar-refractivity contribution in [2.75, 3.05) is 20.7 Å². The zero-order valence-corrected chi connectivity index (χ0v) is 14.9. The van der Waals surface area contributed by atoms with Crippen molar-refractivity contribution in [3.8, 4) is 5.75 Å². The van der Waals surface area contributed by atoms with Crippen LogP contribution in [0.5, 0.6) is 5.75 Å². The maximum absolute atomic E-state index is 12.5. The van der Waals surface area contributed by atoms with Gasteiger partial charge in [-0.25, -0.2) is 0 Å². The summed E-state index contributed by atoms with van der Waals surface area (Å²) in [6.45, 7) is 2.50. The van der Waals surface area contributed by atoms with E-state index < -0.39 is 0 Å². The van der Waals surface area contributed by atoms with Crippen molar-refractivity contribution in [2.24, 2.45) is 5.92 Å². The Bertz CT molecular complexity index is 691. The summed E-state index contributed by atoms with van der Waals surface area (Å²) in [7, 11) is 3.45. The van der Waals surface area contributed by atoms with Gasteiger partial charge in [-0.1, -0.05) is 48.9 Å². The van der Waals surface area contributed by atoms with Crippen LogP contribution < -0.4 is 15.4 Å². The third kappa shape index (κ3) is 4.49. The van der Waals surface area contributed by atoms with Crippen LogP contribution in [-0.2, 0) is 4.79 Å². The Morgan fingerprint density at radius 2 is 1.96 bits per heavy atom. The number of hydrogen-bond donors (Lipinski definition) is 2. The largest absolute Gasteiger partial charge is 0.497 e. The summed E-state index contributed by atoms with van der Waals surface area (Å²) >= 11 is 6.37. The van der Waals surface area contributed by atoms with Gasteiger partial charge in [0.1, 0.15) is 5.75 Å². The van der Waals surface area contributed by atoms with E-state index in [4.69, 9.17) is 16.3 Å². The minimum Gasteiger partial charge on any atom is -0.497 e. The minimum absolute atomic E-state index is 0.0305. The van der Waals surface area contributed by atoms with Gasteiger partial charge in [0.2, 0.25) is 5.91 Å². The molecule has 24 heavy (non-hydrogen) atoms. The highest BCUT2D eigenvalue weighted by molar-refractivity contribution is 6.31. The molecule has 0 radical (unpaired) electrons. The molecular weight excluding hydrogens is 324 g/mol. The van der Waals surface area contributed by atoms with Gasteiger partial charge in [0.05, 0.1) is 13.2 Å². The first kappa shape index (κ1) is 18.3. The SMILES string of the molecule is CNCC(C)C(=O)NC(c1cccc(OC)c1)c1ccccc1Cl. The van der Waals surface area contributed by atoms with Crippen molar-refractivity contribution in [1.82, 2.24) is 10.6 Å². The highest BCUT2D eigenvalue weighted by Gasteiger charge is 2.22. The highest BCUT2D eigenvalue weighted by Crippen LogP contribution is 2.30. The monoisotopic (exact) mass is 346 g/mol. The number of carbonyl (C=O) groups is 1. The maximum Gasteiger partial charge on any atom is 0.224 e. The van der Waals surface area contributed by atoms with Crippen molar-refractivity contribution < 1.29 is 9.53 Å². The molecule has 128 valence electrons. The Labute approximate surface area is 148 Å². The van der Waals surface area contributed by atoms with Gasteiger partial charge >= 0.3 is 0 Å². The van der Waals surface area contributed by atoms with Crippen molar-refractivity contribution in [2.45, 2.75) is 13.0 Å². The van der Waals surface area contributed by atoms with Gasteiger partial charge in [0.15, 0.2) is 0 Å². The van der Waals surface area contributed by atoms with Crippen molar-refractivity contribution in [1.29, 1.82) is 0 Å². The molecule has 0 aliphatic heterocycles. The van der Waals surface area contributed by atoms with Crippen LogP contribution in [-0.4, -0.2) is 26.6 Å². The molecule has 0 spiro atoms. The number of ether oxygens (including phenoxy) is 1. The minimum atomic E-state index is -0.333. The molecule has 2 aromatic rings. The van der Waals surface area contributed by atoms with Crippen LogP contribution in [0.2, 0.25) is 5.02 Å². The summed E-state index contributed by atoms with van der Waals surface area (Å²) < 4.78 is 5.31. The van der Waals surface area contributed by atoms with E-state index in [1.807, 2.05) is 62.5 Å². The fraction of sp³-hybridized carbons (Fsp3) is 0.316. The molecule has 2 aromatic carbocycles. The number of carbonyl (C=O) groups excluding carboxylic acids is 1. The van der Waals surface area contributed by atoms with Crippen LogP contribution >= 0.6 is 11.6 Å². The first-order valence-corrected chi connectivity index (χ1v) is 8.28. The third-order valence-electron chi connectivity index (χ3n) is 3.89. The lowest BCUT2D eigenvalue weighted by atomic mass is 9.97. The maximum atomic E-state index is 12.5.